The summed E-state index contributed by atoms with van der Waals surface area (Å²) in [7, 11) is 0. The van der Waals surface area contributed by atoms with E-state index >= 15 is 0 Å². The van der Waals surface area contributed by atoms with Gasteiger partial charge in [0.1, 0.15) is 0 Å². The summed E-state index contributed by atoms with van der Waals surface area (Å²) in [6.45, 7) is 1.49. The fourth-order valence-corrected chi connectivity index (χ4v) is 4.44. The van der Waals surface area contributed by atoms with E-state index in [0.29, 0.717) is 18.8 Å². The summed E-state index contributed by atoms with van der Waals surface area (Å²) in [5.41, 5.74) is 1.22. The molecule has 4 rings (SSSR count). The summed E-state index contributed by atoms with van der Waals surface area (Å²) < 4.78 is 6.51. The van der Waals surface area contributed by atoms with Crippen LogP contribution >= 0.6 is 15.9 Å². The fourth-order valence-electron chi connectivity index (χ4n) is 4.04. The van der Waals surface area contributed by atoms with E-state index in [4.69, 9.17) is 4.74 Å². The monoisotopic (exact) mass is 480 g/mol. The lowest BCUT2D eigenvalue weighted by atomic mass is 9.82. The molecule has 1 fully saturated rings. The second-order valence-electron chi connectivity index (χ2n) is 7.82. The van der Waals surface area contributed by atoms with E-state index in [1.54, 1.807) is 0 Å². The van der Waals surface area contributed by atoms with Crippen LogP contribution in [0.5, 0.6) is 0 Å². The van der Waals surface area contributed by atoms with Gasteiger partial charge in [-0.3, -0.25) is 9.59 Å². The van der Waals surface area contributed by atoms with Gasteiger partial charge >= 0.3 is 0 Å². The molecule has 0 aliphatic carbocycles. The van der Waals surface area contributed by atoms with Gasteiger partial charge in [-0.05, 0) is 53.4 Å². The molecule has 1 aliphatic heterocycles. The number of ether oxygens (including phenoxy) is 1. The van der Waals surface area contributed by atoms with Gasteiger partial charge < -0.3 is 15.4 Å². The largest absolute Gasteiger partial charge is 0.381 e. The number of nitrogens with one attached hydrogen (secondary N) is 2. The molecule has 1 aliphatic rings. The smallest absolute Gasteiger partial charge is 0.251 e. The van der Waals surface area contributed by atoms with Crippen LogP contribution in [0.25, 0.3) is 10.8 Å². The minimum Gasteiger partial charge on any atom is -0.381 e. The first-order valence-corrected chi connectivity index (χ1v) is 11.3. The Kier molecular flexibility index (Phi) is 6.68. The van der Waals surface area contributed by atoms with Gasteiger partial charge in [-0.2, -0.15) is 0 Å². The highest BCUT2D eigenvalue weighted by Crippen LogP contribution is 2.33. The topological polar surface area (TPSA) is 67.4 Å². The minimum atomic E-state index is -0.443. The van der Waals surface area contributed by atoms with Crippen LogP contribution in [0, 0.1) is 0 Å². The Bertz CT molecular complexity index is 1090. The van der Waals surface area contributed by atoms with Crippen LogP contribution in [0.15, 0.2) is 71.2 Å². The number of carbonyl (C=O) groups excluding carboxylic acids is 2. The molecule has 0 spiro atoms. The molecule has 160 valence electrons. The number of rotatable bonds is 6. The van der Waals surface area contributed by atoms with Gasteiger partial charge in [-0.15, -0.1) is 0 Å². The van der Waals surface area contributed by atoms with E-state index in [9.17, 15) is 9.59 Å². The predicted molar refractivity (Wildman–Crippen MR) is 125 cm³/mol. The number of hydrogen-bond acceptors (Lipinski definition) is 3. The van der Waals surface area contributed by atoms with Gasteiger partial charge in [0.2, 0.25) is 5.91 Å². The van der Waals surface area contributed by atoms with E-state index in [1.165, 1.54) is 0 Å². The second kappa shape index (κ2) is 9.62. The van der Waals surface area contributed by atoms with Gasteiger partial charge in [0.25, 0.3) is 5.91 Å². The lowest BCUT2D eigenvalue weighted by Gasteiger charge is -2.38. The highest BCUT2D eigenvalue weighted by Gasteiger charge is 2.35. The maximum Gasteiger partial charge on any atom is 0.251 e. The van der Waals surface area contributed by atoms with Crippen molar-refractivity contribution in [3.8, 4) is 0 Å². The molecule has 6 heteroatoms. The zero-order valence-electron chi connectivity index (χ0n) is 17.2. The van der Waals surface area contributed by atoms with Gasteiger partial charge in [0.05, 0.1) is 5.54 Å². The quantitative estimate of drug-likeness (QED) is 0.543. The van der Waals surface area contributed by atoms with Crippen molar-refractivity contribution >= 4 is 38.5 Å². The molecule has 3 aromatic carbocycles. The first-order chi connectivity index (χ1) is 15.1. The van der Waals surface area contributed by atoms with Crippen molar-refractivity contribution in [1.82, 2.24) is 10.6 Å². The second-order valence-corrected chi connectivity index (χ2v) is 8.74. The van der Waals surface area contributed by atoms with Crippen molar-refractivity contribution in [2.75, 3.05) is 19.8 Å². The number of carbonyl (C=O) groups is 2. The molecule has 2 N–H and O–H groups in total. The van der Waals surface area contributed by atoms with Crippen molar-refractivity contribution in [1.29, 1.82) is 0 Å². The maximum absolute atomic E-state index is 12.8. The Balaban J connectivity index is 1.36. The van der Waals surface area contributed by atoms with E-state index in [0.717, 1.165) is 33.7 Å². The Morgan fingerprint density at radius 2 is 1.71 bits per heavy atom. The normalized spacial score (nSPS) is 15.4. The Labute approximate surface area is 190 Å². The van der Waals surface area contributed by atoms with E-state index in [1.807, 2.05) is 66.7 Å². The third kappa shape index (κ3) is 5.14. The fraction of sp³-hybridized carbons (Fsp3) is 0.280. The number of hydrogen-bond donors (Lipinski definition) is 2. The van der Waals surface area contributed by atoms with Crippen molar-refractivity contribution in [2.24, 2.45) is 0 Å². The van der Waals surface area contributed by atoms with Gasteiger partial charge in [-0.1, -0.05) is 58.4 Å². The Morgan fingerprint density at radius 3 is 2.48 bits per heavy atom. The van der Waals surface area contributed by atoms with E-state index in [2.05, 4.69) is 26.6 Å². The van der Waals surface area contributed by atoms with Crippen molar-refractivity contribution in [3.05, 3.63) is 82.3 Å². The number of benzene rings is 3. The molecule has 0 saturated carbocycles. The summed E-state index contributed by atoms with van der Waals surface area (Å²) in [6.07, 6.45) is 1.66. The maximum atomic E-state index is 12.8. The lowest BCUT2D eigenvalue weighted by Crippen LogP contribution is -2.50. The van der Waals surface area contributed by atoms with Crippen LogP contribution in [0.2, 0.25) is 0 Å². The third-order valence-corrected chi connectivity index (χ3v) is 6.24. The molecule has 1 saturated heterocycles. The molecule has 3 aromatic rings. The van der Waals surface area contributed by atoms with Gasteiger partial charge in [0.15, 0.2) is 0 Å². The highest BCUT2D eigenvalue weighted by atomic mass is 79.9. The van der Waals surface area contributed by atoms with Gasteiger partial charge in [-0.25, -0.2) is 0 Å². The average molecular weight is 481 g/mol. The molecule has 0 bridgehead atoms. The Hall–Kier alpha value is -2.70. The molecular formula is C25H25BrN2O3. The summed E-state index contributed by atoms with van der Waals surface area (Å²) in [4.78, 5) is 25.3. The molecule has 1 heterocycles. The standard InChI is InChI=1S/C25H25BrN2O3/c26-22-7-3-6-21(17-22)25(11-14-31-15-12-25)28-23(29)10-13-27-24(30)20-9-8-18-4-1-2-5-19(18)16-20/h1-9,16-17H,10-15H2,(H,27,30)(H,28,29). The molecule has 31 heavy (non-hydrogen) atoms. The van der Waals surface area contributed by atoms with Crippen LogP contribution in [-0.4, -0.2) is 31.6 Å². The number of halogens is 1. The highest BCUT2D eigenvalue weighted by molar-refractivity contribution is 9.10. The van der Waals surface area contributed by atoms with Crippen molar-refractivity contribution < 1.29 is 14.3 Å². The van der Waals surface area contributed by atoms with Crippen LogP contribution in [-0.2, 0) is 15.1 Å². The average Bonchev–Trinajstić information content (AvgIpc) is 2.79. The molecule has 0 radical (unpaired) electrons. The molecule has 5 nitrogen and oxygen atoms in total. The minimum absolute atomic E-state index is 0.0827. The predicted octanol–water partition coefficient (Wildman–Crippen LogP) is 4.54. The van der Waals surface area contributed by atoms with Gasteiger partial charge in [0, 0.05) is 36.2 Å². The molecule has 0 aromatic heterocycles. The van der Waals surface area contributed by atoms with E-state index < -0.39 is 5.54 Å². The van der Waals surface area contributed by atoms with Crippen molar-refractivity contribution in [3.63, 3.8) is 0 Å². The zero-order valence-corrected chi connectivity index (χ0v) is 18.8. The lowest BCUT2D eigenvalue weighted by molar-refractivity contribution is -0.124. The zero-order chi connectivity index (χ0) is 21.7. The van der Waals surface area contributed by atoms with Crippen LogP contribution in [0.4, 0.5) is 0 Å². The summed E-state index contributed by atoms with van der Waals surface area (Å²) in [5, 5.41) is 8.19. The molecule has 0 unspecified atom stereocenters. The Morgan fingerprint density at radius 1 is 0.935 bits per heavy atom. The van der Waals surface area contributed by atoms with E-state index in [-0.39, 0.29) is 24.8 Å². The molecule has 2 amide bonds. The summed E-state index contributed by atoms with van der Waals surface area (Å²) >= 11 is 3.52. The van der Waals surface area contributed by atoms with Crippen LogP contribution in [0.1, 0.15) is 35.2 Å². The van der Waals surface area contributed by atoms with Crippen molar-refractivity contribution in [2.45, 2.75) is 24.8 Å². The van der Waals surface area contributed by atoms with Crippen LogP contribution < -0.4 is 10.6 Å². The third-order valence-electron chi connectivity index (χ3n) is 5.75. The number of amides is 2. The summed E-state index contributed by atoms with van der Waals surface area (Å²) in [6, 6.07) is 21.6. The molecule has 0 atom stereocenters. The first-order valence-electron chi connectivity index (χ1n) is 10.5. The first kappa shape index (κ1) is 21.5. The number of fused-ring (bicyclic) bond motifs is 1. The SMILES string of the molecule is O=C(CCNC(=O)c1ccc2ccccc2c1)NC1(c2cccc(Br)c2)CCOCC1. The van der Waals surface area contributed by atoms with Crippen LogP contribution in [0.3, 0.4) is 0 Å². The molecular weight excluding hydrogens is 456 g/mol. The summed E-state index contributed by atoms with van der Waals surface area (Å²) in [5.74, 6) is -0.257.